The Kier molecular flexibility index (Phi) is 3.93. The molecule has 0 bridgehead atoms. The van der Waals surface area contributed by atoms with Gasteiger partial charge in [-0.25, -0.2) is 0 Å². The van der Waals surface area contributed by atoms with Crippen LogP contribution in [0.5, 0.6) is 0 Å². The second-order valence-electron chi connectivity index (χ2n) is 10.0. The summed E-state index contributed by atoms with van der Waals surface area (Å²) in [5.74, 6) is 2.58. The number of fused-ring (bicyclic) bond motifs is 5. The van der Waals surface area contributed by atoms with Gasteiger partial charge in [-0.3, -0.25) is 4.79 Å². The number of carbonyl (C=O) groups excluding carboxylic acids is 1. The third-order valence-electron chi connectivity index (χ3n) is 9.06. The average Bonchev–Trinajstić information content (AvgIpc) is 2.84. The summed E-state index contributed by atoms with van der Waals surface area (Å²) in [4.78, 5) is 12.2. The number of ketones is 1. The topological polar surface area (TPSA) is 57.5 Å². The summed E-state index contributed by atoms with van der Waals surface area (Å²) in [7, 11) is 0. The van der Waals surface area contributed by atoms with E-state index in [2.05, 4.69) is 13.8 Å². The first kappa shape index (κ1) is 17.0. The molecule has 0 radical (unpaired) electrons. The van der Waals surface area contributed by atoms with Crippen LogP contribution in [0.2, 0.25) is 0 Å². The van der Waals surface area contributed by atoms with Crippen LogP contribution < -0.4 is 0 Å². The number of Topliss-reactive ketones (excluding diaryl/α,β-unsaturated/α-hetero) is 1. The SMILES string of the molecule is CC(=O)C1CCC2C3CC[C@@H]4CC(O)CC[C@]4(C)C3[C@H](O)C[C@]12C. The van der Waals surface area contributed by atoms with Crippen molar-refractivity contribution in [2.45, 2.75) is 84.3 Å². The van der Waals surface area contributed by atoms with Crippen LogP contribution in [0, 0.1) is 40.4 Å². The van der Waals surface area contributed by atoms with Gasteiger partial charge in [-0.05, 0) is 92.8 Å². The maximum atomic E-state index is 12.2. The summed E-state index contributed by atoms with van der Waals surface area (Å²) >= 11 is 0. The Balaban J connectivity index is 1.67. The summed E-state index contributed by atoms with van der Waals surface area (Å²) < 4.78 is 0. The summed E-state index contributed by atoms with van der Waals surface area (Å²) in [5.41, 5.74) is 0.182. The molecule has 0 aromatic rings. The average molecular weight is 335 g/mol. The Bertz CT molecular complexity index is 531. The molecule has 9 atom stereocenters. The Morgan fingerprint density at radius 3 is 2.46 bits per heavy atom. The van der Waals surface area contributed by atoms with E-state index >= 15 is 0 Å². The van der Waals surface area contributed by atoms with E-state index in [1.165, 1.54) is 12.8 Å². The fourth-order valence-electron chi connectivity index (χ4n) is 8.03. The van der Waals surface area contributed by atoms with Crippen LogP contribution in [0.4, 0.5) is 0 Å². The Morgan fingerprint density at radius 2 is 1.75 bits per heavy atom. The second-order valence-corrected chi connectivity index (χ2v) is 10.0. The van der Waals surface area contributed by atoms with Crippen molar-refractivity contribution in [3.63, 3.8) is 0 Å². The van der Waals surface area contributed by atoms with E-state index in [1.54, 1.807) is 6.92 Å². The van der Waals surface area contributed by atoms with Gasteiger partial charge in [0, 0.05) is 5.92 Å². The van der Waals surface area contributed by atoms with Gasteiger partial charge in [0.2, 0.25) is 0 Å². The third kappa shape index (κ3) is 2.19. The van der Waals surface area contributed by atoms with Crippen LogP contribution in [0.25, 0.3) is 0 Å². The molecule has 3 nitrogen and oxygen atoms in total. The fourth-order valence-corrected chi connectivity index (χ4v) is 8.03. The highest BCUT2D eigenvalue weighted by Crippen LogP contribution is 2.67. The molecule has 0 aromatic heterocycles. The van der Waals surface area contributed by atoms with Crippen molar-refractivity contribution in [3.8, 4) is 0 Å². The standard InChI is InChI=1S/C21H34O3/c1-12(22)16-6-7-17-15-5-4-13-10-14(23)8-9-20(13,2)19(15)18(24)11-21(16,17)3/h13-19,23-24H,4-11H2,1-3H3/t13-,14?,15?,16?,17?,18-,19?,20+,21-/m1/s1. The minimum Gasteiger partial charge on any atom is -0.393 e. The molecule has 4 aliphatic rings. The molecule has 5 unspecified atom stereocenters. The molecule has 0 aliphatic heterocycles. The molecule has 3 heteroatoms. The van der Waals surface area contributed by atoms with Crippen LogP contribution in [-0.2, 0) is 4.79 Å². The Hall–Kier alpha value is -0.410. The van der Waals surface area contributed by atoms with Gasteiger partial charge >= 0.3 is 0 Å². The van der Waals surface area contributed by atoms with Crippen LogP contribution in [0.15, 0.2) is 0 Å². The quantitative estimate of drug-likeness (QED) is 0.771. The summed E-state index contributed by atoms with van der Waals surface area (Å²) in [5, 5.41) is 21.3. The largest absolute Gasteiger partial charge is 0.393 e. The normalized spacial score (nSPS) is 57.0. The van der Waals surface area contributed by atoms with Crippen molar-refractivity contribution in [2.75, 3.05) is 0 Å². The van der Waals surface area contributed by atoms with Crippen molar-refractivity contribution in [1.82, 2.24) is 0 Å². The summed E-state index contributed by atoms with van der Waals surface area (Å²) in [6, 6.07) is 0. The minimum absolute atomic E-state index is 0.00376. The highest BCUT2D eigenvalue weighted by Gasteiger charge is 2.63. The second kappa shape index (κ2) is 5.54. The monoisotopic (exact) mass is 334 g/mol. The number of hydrogen-bond donors (Lipinski definition) is 2. The van der Waals surface area contributed by atoms with E-state index in [9.17, 15) is 15.0 Å². The number of hydrogen-bond acceptors (Lipinski definition) is 3. The number of carbonyl (C=O) groups is 1. The predicted octanol–water partition coefficient (Wildman–Crippen LogP) is 3.57. The first-order valence-electron chi connectivity index (χ1n) is 10.1. The van der Waals surface area contributed by atoms with Gasteiger partial charge in [-0.15, -0.1) is 0 Å². The van der Waals surface area contributed by atoms with Crippen molar-refractivity contribution in [1.29, 1.82) is 0 Å². The molecule has 0 heterocycles. The third-order valence-corrected chi connectivity index (χ3v) is 9.06. The van der Waals surface area contributed by atoms with E-state index in [0.29, 0.717) is 29.5 Å². The molecular weight excluding hydrogens is 300 g/mol. The first-order chi connectivity index (χ1) is 11.3. The van der Waals surface area contributed by atoms with Crippen molar-refractivity contribution >= 4 is 5.78 Å². The molecule has 4 fully saturated rings. The van der Waals surface area contributed by atoms with E-state index in [0.717, 1.165) is 38.5 Å². The van der Waals surface area contributed by atoms with Crippen LogP contribution in [0.1, 0.15) is 72.1 Å². The fraction of sp³-hybridized carbons (Fsp3) is 0.952. The summed E-state index contributed by atoms with van der Waals surface area (Å²) in [6.45, 7) is 6.43. The smallest absolute Gasteiger partial charge is 0.133 e. The predicted molar refractivity (Wildman–Crippen MR) is 93.3 cm³/mol. The number of aliphatic hydroxyl groups excluding tert-OH is 2. The van der Waals surface area contributed by atoms with Gasteiger partial charge in [0.1, 0.15) is 5.78 Å². The van der Waals surface area contributed by atoms with Gasteiger partial charge in [0.05, 0.1) is 12.2 Å². The van der Waals surface area contributed by atoms with Gasteiger partial charge in [-0.2, -0.15) is 0 Å². The first-order valence-corrected chi connectivity index (χ1v) is 10.1. The molecule has 4 rings (SSSR count). The highest BCUT2D eigenvalue weighted by molar-refractivity contribution is 5.79. The summed E-state index contributed by atoms with van der Waals surface area (Å²) in [6.07, 6.45) is 7.80. The van der Waals surface area contributed by atoms with E-state index in [-0.39, 0.29) is 29.0 Å². The molecule has 0 spiro atoms. The molecule has 2 N–H and O–H groups in total. The molecule has 24 heavy (non-hydrogen) atoms. The van der Waals surface area contributed by atoms with Crippen molar-refractivity contribution < 1.29 is 15.0 Å². The zero-order valence-electron chi connectivity index (χ0n) is 15.5. The van der Waals surface area contributed by atoms with Crippen molar-refractivity contribution in [3.05, 3.63) is 0 Å². The lowest BCUT2D eigenvalue weighted by Gasteiger charge is -2.62. The maximum Gasteiger partial charge on any atom is 0.133 e. The lowest BCUT2D eigenvalue weighted by molar-refractivity contribution is -0.178. The highest BCUT2D eigenvalue weighted by atomic mass is 16.3. The van der Waals surface area contributed by atoms with E-state index < -0.39 is 0 Å². The molecular formula is C21H34O3. The molecule has 136 valence electrons. The molecule has 0 saturated heterocycles. The number of rotatable bonds is 1. The molecule has 4 saturated carbocycles. The zero-order chi connectivity index (χ0) is 17.3. The lowest BCUT2D eigenvalue weighted by Crippen LogP contribution is -2.59. The van der Waals surface area contributed by atoms with Crippen LogP contribution in [0.3, 0.4) is 0 Å². The molecule has 0 amide bonds. The lowest BCUT2D eigenvalue weighted by atomic mass is 9.44. The van der Waals surface area contributed by atoms with Crippen molar-refractivity contribution in [2.24, 2.45) is 40.4 Å². The van der Waals surface area contributed by atoms with Crippen LogP contribution >= 0.6 is 0 Å². The van der Waals surface area contributed by atoms with Gasteiger partial charge in [0.25, 0.3) is 0 Å². The van der Waals surface area contributed by atoms with E-state index in [4.69, 9.17) is 0 Å². The Morgan fingerprint density at radius 1 is 1.00 bits per heavy atom. The van der Waals surface area contributed by atoms with E-state index in [1.807, 2.05) is 0 Å². The maximum absolute atomic E-state index is 12.2. The molecule has 4 aliphatic carbocycles. The Labute approximate surface area is 146 Å². The van der Waals surface area contributed by atoms with Gasteiger partial charge in [0.15, 0.2) is 0 Å². The van der Waals surface area contributed by atoms with Gasteiger partial charge in [-0.1, -0.05) is 13.8 Å². The number of aliphatic hydroxyl groups is 2. The zero-order valence-corrected chi connectivity index (χ0v) is 15.5. The van der Waals surface area contributed by atoms with Gasteiger partial charge < -0.3 is 10.2 Å². The van der Waals surface area contributed by atoms with Crippen LogP contribution in [-0.4, -0.2) is 28.2 Å². The minimum atomic E-state index is -0.278. The molecule has 0 aromatic carbocycles.